The van der Waals surface area contributed by atoms with E-state index in [0.717, 1.165) is 23.4 Å². The highest BCUT2D eigenvalue weighted by Crippen LogP contribution is 2.19. The van der Waals surface area contributed by atoms with Gasteiger partial charge in [-0.25, -0.2) is 0 Å². The van der Waals surface area contributed by atoms with Gasteiger partial charge in [0.2, 0.25) is 5.91 Å². The van der Waals surface area contributed by atoms with Crippen molar-refractivity contribution in [2.75, 3.05) is 17.2 Å². The van der Waals surface area contributed by atoms with Crippen molar-refractivity contribution in [2.24, 2.45) is 0 Å². The van der Waals surface area contributed by atoms with Gasteiger partial charge in [0.1, 0.15) is 0 Å². The van der Waals surface area contributed by atoms with Crippen molar-refractivity contribution in [3.05, 3.63) is 58.6 Å². The summed E-state index contributed by atoms with van der Waals surface area (Å²) in [5, 5.41) is 6.60. The van der Waals surface area contributed by atoms with Crippen LogP contribution in [0.3, 0.4) is 0 Å². The molecule has 2 N–H and O–H groups in total. The normalized spacial score (nSPS) is 10.2. The monoisotopic (exact) mass is 302 g/mol. The van der Waals surface area contributed by atoms with E-state index in [1.165, 1.54) is 5.56 Å². The highest BCUT2D eigenvalue weighted by molar-refractivity contribution is 6.31. The first-order valence-corrected chi connectivity index (χ1v) is 7.35. The maximum atomic E-state index is 11.9. The van der Waals surface area contributed by atoms with Gasteiger partial charge in [0.25, 0.3) is 0 Å². The number of carbonyl (C=O) groups excluding carboxylic acids is 1. The average molecular weight is 303 g/mol. The standard InChI is InChI=1S/C17H19ClN2O/c1-3-13-5-8-14(9-6-13)20-17(21)11-19-15-7-4-12(2)16(18)10-15/h4-10,19H,3,11H2,1-2H3,(H,20,21). The summed E-state index contributed by atoms with van der Waals surface area (Å²) in [6.45, 7) is 4.25. The number of aryl methyl sites for hydroxylation is 2. The summed E-state index contributed by atoms with van der Waals surface area (Å²) < 4.78 is 0. The van der Waals surface area contributed by atoms with Crippen LogP contribution >= 0.6 is 11.6 Å². The zero-order valence-corrected chi connectivity index (χ0v) is 13.0. The number of amides is 1. The van der Waals surface area contributed by atoms with Crippen LogP contribution < -0.4 is 10.6 Å². The number of anilines is 2. The van der Waals surface area contributed by atoms with Gasteiger partial charge in [0, 0.05) is 16.4 Å². The van der Waals surface area contributed by atoms with E-state index in [1.807, 2.05) is 49.4 Å². The number of halogens is 1. The fraction of sp³-hybridized carbons (Fsp3) is 0.235. The first-order valence-electron chi connectivity index (χ1n) is 6.97. The Labute approximate surface area is 130 Å². The van der Waals surface area contributed by atoms with Crippen LogP contribution in [-0.2, 0) is 11.2 Å². The van der Waals surface area contributed by atoms with E-state index < -0.39 is 0 Å². The third-order valence-corrected chi connectivity index (χ3v) is 3.68. The molecule has 2 rings (SSSR count). The molecule has 0 fully saturated rings. The van der Waals surface area contributed by atoms with E-state index in [4.69, 9.17) is 11.6 Å². The number of benzene rings is 2. The van der Waals surface area contributed by atoms with Crippen molar-refractivity contribution in [3.8, 4) is 0 Å². The van der Waals surface area contributed by atoms with E-state index in [9.17, 15) is 4.79 Å². The summed E-state index contributed by atoms with van der Waals surface area (Å²) in [6, 6.07) is 13.5. The Morgan fingerprint density at radius 2 is 1.76 bits per heavy atom. The maximum Gasteiger partial charge on any atom is 0.243 e. The van der Waals surface area contributed by atoms with Crippen LogP contribution in [-0.4, -0.2) is 12.5 Å². The lowest BCUT2D eigenvalue weighted by molar-refractivity contribution is -0.114. The lowest BCUT2D eigenvalue weighted by atomic mass is 10.1. The second-order valence-electron chi connectivity index (χ2n) is 4.92. The van der Waals surface area contributed by atoms with E-state index in [1.54, 1.807) is 0 Å². The van der Waals surface area contributed by atoms with Crippen molar-refractivity contribution in [3.63, 3.8) is 0 Å². The number of rotatable bonds is 5. The molecule has 21 heavy (non-hydrogen) atoms. The van der Waals surface area contributed by atoms with Gasteiger partial charge in [-0.1, -0.05) is 36.7 Å². The van der Waals surface area contributed by atoms with Gasteiger partial charge in [-0.15, -0.1) is 0 Å². The lowest BCUT2D eigenvalue weighted by Gasteiger charge is -2.09. The van der Waals surface area contributed by atoms with Crippen LogP contribution in [0.1, 0.15) is 18.1 Å². The second kappa shape index (κ2) is 7.14. The minimum Gasteiger partial charge on any atom is -0.376 e. The fourth-order valence-corrected chi connectivity index (χ4v) is 2.09. The lowest BCUT2D eigenvalue weighted by Crippen LogP contribution is -2.21. The maximum absolute atomic E-state index is 11.9. The first-order chi connectivity index (χ1) is 10.1. The van der Waals surface area contributed by atoms with Gasteiger partial charge >= 0.3 is 0 Å². The van der Waals surface area contributed by atoms with Gasteiger partial charge in [0.15, 0.2) is 0 Å². The SMILES string of the molecule is CCc1ccc(NC(=O)CNc2ccc(C)c(Cl)c2)cc1. The molecule has 0 aliphatic heterocycles. The summed E-state index contributed by atoms with van der Waals surface area (Å²) in [4.78, 5) is 11.9. The Balaban J connectivity index is 1.87. The number of carbonyl (C=O) groups is 1. The Bertz CT molecular complexity index is 623. The van der Waals surface area contributed by atoms with Crippen LogP contribution in [0.5, 0.6) is 0 Å². The van der Waals surface area contributed by atoms with Gasteiger partial charge in [-0.05, 0) is 48.7 Å². The predicted molar refractivity (Wildman–Crippen MR) is 89.1 cm³/mol. The van der Waals surface area contributed by atoms with Crippen LogP contribution in [0.4, 0.5) is 11.4 Å². The molecule has 3 nitrogen and oxygen atoms in total. The second-order valence-corrected chi connectivity index (χ2v) is 5.32. The third-order valence-electron chi connectivity index (χ3n) is 3.27. The summed E-state index contributed by atoms with van der Waals surface area (Å²) in [6.07, 6.45) is 0.990. The molecule has 0 aromatic heterocycles. The molecular formula is C17H19ClN2O. The van der Waals surface area contributed by atoms with Crippen LogP contribution in [0, 0.1) is 6.92 Å². The van der Waals surface area contributed by atoms with Gasteiger partial charge in [-0.3, -0.25) is 4.79 Å². The molecule has 0 radical (unpaired) electrons. The van der Waals surface area contributed by atoms with Crippen molar-refractivity contribution >= 4 is 28.9 Å². The Kier molecular flexibility index (Phi) is 5.23. The summed E-state index contributed by atoms with van der Waals surface area (Å²) in [5.74, 6) is -0.0871. The largest absolute Gasteiger partial charge is 0.376 e. The highest BCUT2D eigenvalue weighted by Gasteiger charge is 2.03. The Morgan fingerprint density at radius 1 is 1.10 bits per heavy atom. The quantitative estimate of drug-likeness (QED) is 0.866. The topological polar surface area (TPSA) is 41.1 Å². The summed E-state index contributed by atoms with van der Waals surface area (Å²) in [5.41, 5.74) is 3.91. The van der Waals surface area contributed by atoms with Crippen molar-refractivity contribution < 1.29 is 4.79 Å². The van der Waals surface area contributed by atoms with Crippen LogP contribution in [0.2, 0.25) is 5.02 Å². The predicted octanol–water partition coefficient (Wildman–Crippen LogP) is 4.26. The van der Waals surface area contributed by atoms with E-state index in [-0.39, 0.29) is 12.5 Å². The van der Waals surface area contributed by atoms with E-state index >= 15 is 0 Å². The molecule has 0 saturated carbocycles. The molecule has 2 aromatic carbocycles. The van der Waals surface area contributed by atoms with Crippen molar-refractivity contribution in [2.45, 2.75) is 20.3 Å². The molecule has 0 atom stereocenters. The molecule has 0 aliphatic rings. The van der Waals surface area contributed by atoms with Crippen LogP contribution in [0.25, 0.3) is 0 Å². The Morgan fingerprint density at radius 3 is 2.38 bits per heavy atom. The number of hydrogen-bond acceptors (Lipinski definition) is 2. The van der Waals surface area contributed by atoms with Gasteiger partial charge < -0.3 is 10.6 Å². The van der Waals surface area contributed by atoms with Gasteiger partial charge in [0.05, 0.1) is 6.54 Å². The van der Waals surface area contributed by atoms with Crippen molar-refractivity contribution in [1.29, 1.82) is 0 Å². The molecule has 0 saturated heterocycles. The Hall–Kier alpha value is -2.00. The minimum atomic E-state index is -0.0871. The zero-order valence-electron chi connectivity index (χ0n) is 12.2. The molecule has 0 heterocycles. The molecule has 110 valence electrons. The van der Waals surface area contributed by atoms with Crippen molar-refractivity contribution in [1.82, 2.24) is 0 Å². The molecule has 0 aliphatic carbocycles. The van der Waals surface area contributed by atoms with Gasteiger partial charge in [-0.2, -0.15) is 0 Å². The fourth-order valence-electron chi connectivity index (χ4n) is 1.91. The third kappa shape index (κ3) is 4.50. The number of nitrogens with one attached hydrogen (secondary N) is 2. The molecule has 0 spiro atoms. The molecule has 4 heteroatoms. The molecule has 1 amide bonds. The van der Waals surface area contributed by atoms with E-state index in [2.05, 4.69) is 17.6 Å². The molecule has 2 aromatic rings. The molecule has 0 unspecified atom stereocenters. The zero-order chi connectivity index (χ0) is 15.2. The summed E-state index contributed by atoms with van der Waals surface area (Å²) in [7, 11) is 0. The highest BCUT2D eigenvalue weighted by atomic mass is 35.5. The molecular weight excluding hydrogens is 284 g/mol. The first kappa shape index (κ1) is 15.4. The summed E-state index contributed by atoms with van der Waals surface area (Å²) >= 11 is 6.05. The average Bonchev–Trinajstić information content (AvgIpc) is 2.49. The number of hydrogen-bond donors (Lipinski definition) is 2. The molecule has 0 bridgehead atoms. The van der Waals surface area contributed by atoms with Crippen LogP contribution in [0.15, 0.2) is 42.5 Å². The smallest absolute Gasteiger partial charge is 0.243 e. The minimum absolute atomic E-state index is 0.0871. The van der Waals surface area contributed by atoms with E-state index in [0.29, 0.717) is 5.02 Å².